The predicted octanol–water partition coefficient (Wildman–Crippen LogP) is 3.69. The topological polar surface area (TPSA) is 89.4 Å². The third kappa shape index (κ3) is 2.74. The number of nitro benzene ring substituents is 1. The van der Waals surface area contributed by atoms with Crippen LogP contribution in [0.15, 0.2) is 47.0 Å². The summed E-state index contributed by atoms with van der Waals surface area (Å²) in [6.45, 7) is -0.498. The van der Waals surface area contributed by atoms with Gasteiger partial charge in [0.05, 0.1) is 17.1 Å². The van der Waals surface area contributed by atoms with Crippen molar-refractivity contribution in [1.29, 1.82) is 0 Å². The Bertz CT molecular complexity index is 907. The molecular formula is C16H10F2N2O4. The Hall–Kier alpha value is -3.13. The predicted molar refractivity (Wildman–Crippen MR) is 79.9 cm³/mol. The Labute approximate surface area is 134 Å². The number of nitro groups is 1. The fraction of sp³-hybridized carbons (Fsp3) is 0.0625. The van der Waals surface area contributed by atoms with Crippen LogP contribution in [0.4, 0.5) is 14.5 Å². The number of aliphatic hydroxyl groups excluding tert-OH is 1. The maximum atomic E-state index is 13.9. The zero-order chi connectivity index (χ0) is 17.3. The minimum Gasteiger partial charge on any atom is -0.391 e. The Balaban J connectivity index is 2.08. The van der Waals surface area contributed by atoms with Gasteiger partial charge < -0.3 is 9.63 Å². The number of benzene rings is 2. The third-order valence-corrected chi connectivity index (χ3v) is 3.47. The third-order valence-electron chi connectivity index (χ3n) is 3.47. The van der Waals surface area contributed by atoms with Gasteiger partial charge in [0.25, 0.3) is 5.69 Å². The monoisotopic (exact) mass is 332 g/mol. The maximum absolute atomic E-state index is 13.9. The normalized spacial score (nSPS) is 10.8. The van der Waals surface area contributed by atoms with E-state index in [4.69, 9.17) is 4.52 Å². The van der Waals surface area contributed by atoms with E-state index in [9.17, 15) is 24.0 Å². The number of halogens is 2. The van der Waals surface area contributed by atoms with Crippen molar-refractivity contribution in [2.24, 2.45) is 0 Å². The van der Waals surface area contributed by atoms with E-state index in [0.717, 1.165) is 6.07 Å². The summed E-state index contributed by atoms with van der Waals surface area (Å²) in [7, 11) is 0. The minimum atomic E-state index is -0.840. The first-order valence-corrected chi connectivity index (χ1v) is 6.81. The van der Waals surface area contributed by atoms with E-state index in [0.29, 0.717) is 11.6 Å². The number of rotatable bonds is 4. The average molecular weight is 332 g/mol. The van der Waals surface area contributed by atoms with Crippen molar-refractivity contribution in [3.05, 3.63) is 69.8 Å². The summed E-state index contributed by atoms with van der Waals surface area (Å²) in [5.41, 5.74) is 0.564. The van der Waals surface area contributed by atoms with Gasteiger partial charge in [-0.25, -0.2) is 8.78 Å². The van der Waals surface area contributed by atoms with Gasteiger partial charge in [-0.1, -0.05) is 5.16 Å². The lowest BCUT2D eigenvalue weighted by Crippen LogP contribution is -1.93. The van der Waals surface area contributed by atoms with Crippen molar-refractivity contribution in [2.45, 2.75) is 6.61 Å². The molecule has 0 fully saturated rings. The molecule has 2 aromatic carbocycles. The van der Waals surface area contributed by atoms with Gasteiger partial charge in [0, 0.05) is 29.3 Å². The highest BCUT2D eigenvalue weighted by molar-refractivity contribution is 5.73. The van der Waals surface area contributed by atoms with Crippen molar-refractivity contribution in [1.82, 2.24) is 5.16 Å². The number of hydrogen-bond donors (Lipinski definition) is 1. The molecule has 3 rings (SSSR count). The molecule has 1 aromatic heterocycles. The summed E-state index contributed by atoms with van der Waals surface area (Å²) in [6, 6.07) is 8.39. The fourth-order valence-electron chi connectivity index (χ4n) is 2.31. The molecule has 8 heteroatoms. The Morgan fingerprint density at radius 3 is 2.46 bits per heavy atom. The lowest BCUT2D eigenvalue weighted by Gasteiger charge is -2.03. The molecule has 0 saturated heterocycles. The van der Waals surface area contributed by atoms with Crippen molar-refractivity contribution in [3.63, 3.8) is 0 Å². The van der Waals surface area contributed by atoms with E-state index in [1.807, 2.05) is 0 Å². The largest absolute Gasteiger partial charge is 0.391 e. The van der Waals surface area contributed by atoms with Crippen LogP contribution >= 0.6 is 0 Å². The number of aromatic nitrogens is 1. The van der Waals surface area contributed by atoms with Crippen LogP contribution in [0.25, 0.3) is 22.6 Å². The first-order chi connectivity index (χ1) is 11.5. The van der Waals surface area contributed by atoms with Crippen LogP contribution in [0.5, 0.6) is 0 Å². The second-order valence-corrected chi connectivity index (χ2v) is 4.93. The van der Waals surface area contributed by atoms with E-state index in [1.165, 1.54) is 30.3 Å². The molecule has 3 aromatic rings. The van der Waals surface area contributed by atoms with Gasteiger partial charge >= 0.3 is 0 Å². The van der Waals surface area contributed by atoms with Crippen molar-refractivity contribution in [2.75, 3.05) is 0 Å². The van der Waals surface area contributed by atoms with Crippen molar-refractivity contribution < 1.29 is 23.3 Å². The summed E-state index contributed by atoms with van der Waals surface area (Å²) < 4.78 is 32.1. The highest BCUT2D eigenvalue weighted by Crippen LogP contribution is 2.34. The molecule has 0 unspecified atom stereocenters. The van der Waals surface area contributed by atoms with Crippen LogP contribution in [0.3, 0.4) is 0 Å². The molecule has 0 amide bonds. The van der Waals surface area contributed by atoms with Gasteiger partial charge in [-0.05, 0) is 24.3 Å². The Morgan fingerprint density at radius 1 is 1.17 bits per heavy atom. The smallest absolute Gasteiger partial charge is 0.269 e. The van der Waals surface area contributed by atoms with E-state index < -0.39 is 23.2 Å². The van der Waals surface area contributed by atoms with E-state index in [1.54, 1.807) is 0 Å². The second kappa shape index (κ2) is 6.17. The van der Waals surface area contributed by atoms with Crippen LogP contribution in [0, 0.1) is 21.7 Å². The van der Waals surface area contributed by atoms with Crippen LogP contribution in [-0.4, -0.2) is 15.2 Å². The van der Waals surface area contributed by atoms with Crippen LogP contribution in [-0.2, 0) is 6.61 Å². The van der Waals surface area contributed by atoms with Gasteiger partial charge in [-0.15, -0.1) is 0 Å². The zero-order valence-electron chi connectivity index (χ0n) is 12.1. The van der Waals surface area contributed by atoms with Crippen molar-refractivity contribution in [3.8, 4) is 22.6 Å². The van der Waals surface area contributed by atoms with E-state index in [2.05, 4.69) is 5.16 Å². The highest BCUT2D eigenvalue weighted by atomic mass is 19.1. The highest BCUT2D eigenvalue weighted by Gasteiger charge is 2.21. The maximum Gasteiger partial charge on any atom is 0.269 e. The molecule has 0 spiro atoms. The van der Waals surface area contributed by atoms with Gasteiger partial charge in [-0.3, -0.25) is 10.1 Å². The molecule has 0 aliphatic heterocycles. The van der Waals surface area contributed by atoms with Crippen molar-refractivity contribution >= 4 is 5.69 Å². The molecule has 0 bridgehead atoms. The molecule has 0 saturated carbocycles. The van der Waals surface area contributed by atoms with Gasteiger partial charge in [0.15, 0.2) is 5.76 Å². The summed E-state index contributed by atoms with van der Waals surface area (Å²) in [4.78, 5) is 10.1. The van der Waals surface area contributed by atoms with Crippen LogP contribution in [0.2, 0.25) is 0 Å². The van der Waals surface area contributed by atoms with Gasteiger partial charge in [0.1, 0.15) is 17.3 Å². The SMILES string of the molecule is O=[N+]([O-])c1ccc(-c2onc(-c3ccc(F)cc3F)c2CO)cc1. The summed E-state index contributed by atoms with van der Waals surface area (Å²) >= 11 is 0. The van der Waals surface area contributed by atoms with Crippen LogP contribution < -0.4 is 0 Å². The quantitative estimate of drug-likeness (QED) is 0.581. The number of aliphatic hydroxyl groups is 1. The lowest BCUT2D eigenvalue weighted by atomic mass is 10.0. The summed E-state index contributed by atoms with van der Waals surface area (Å²) in [6.07, 6.45) is 0. The lowest BCUT2D eigenvalue weighted by molar-refractivity contribution is -0.384. The zero-order valence-corrected chi connectivity index (χ0v) is 12.1. The molecule has 122 valence electrons. The average Bonchev–Trinajstić information content (AvgIpc) is 2.98. The molecule has 6 nitrogen and oxygen atoms in total. The first-order valence-electron chi connectivity index (χ1n) is 6.81. The standard InChI is InChI=1S/C16H10F2N2O4/c17-10-3-6-12(14(18)7-10)15-13(8-21)16(24-19-15)9-1-4-11(5-2-9)20(22)23/h1-7,21H,8H2. The molecule has 0 atom stereocenters. The molecule has 0 aliphatic rings. The minimum absolute atomic E-state index is 0.0163. The molecule has 0 aliphatic carbocycles. The fourth-order valence-corrected chi connectivity index (χ4v) is 2.31. The summed E-state index contributed by atoms with van der Waals surface area (Å²) in [5, 5.41) is 24.0. The summed E-state index contributed by atoms with van der Waals surface area (Å²) in [5.74, 6) is -1.42. The Morgan fingerprint density at radius 2 is 1.88 bits per heavy atom. The molecule has 1 heterocycles. The van der Waals surface area contributed by atoms with Gasteiger partial charge in [-0.2, -0.15) is 0 Å². The number of nitrogens with zero attached hydrogens (tertiary/aromatic N) is 2. The molecule has 0 radical (unpaired) electrons. The number of non-ortho nitro benzene ring substituents is 1. The van der Waals surface area contributed by atoms with Gasteiger partial charge in [0.2, 0.25) is 0 Å². The second-order valence-electron chi connectivity index (χ2n) is 4.93. The Kier molecular flexibility index (Phi) is 4.05. The number of hydrogen-bond acceptors (Lipinski definition) is 5. The molecule has 1 N–H and O–H groups in total. The van der Waals surface area contributed by atoms with Crippen LogP contribution in [0.1, 0.15) is 5.56 Å². The van der Waals surface area contributed by atoms with E-state index >= 15 is 0 Å². The van der Waals surface area contributed by atoms with E-state index in [-0.39, 0.29) is 28.3 Å². The first kappa shape index (κ1) is 15.8. The molecular weight excluding hydrogens is 322 g/mol. The molecule has 24 heavy (non-hydrogen) atoms.